The summed E-state index contributed by atoms with van der Waals surface area (Å²) < 4.78 is 0. The minimum absolute atomic E-state index is 0.00535. The summed E-state index contributed by atoms with van der Waals surface area (Å²) in [5.41, 5.74) is 3.82. The van der Waals surface area contributed by atoms with Gasteiger partial charge in [-0.25, -0.2) is 0 Å². The van der Waals surface area contributed by atoms with Crippen molar-refractivity contribution in [2.75, 3.05) is 0 Å². The lowest BCUT2D eigenvalue weighted by Gasteiger charge is -2.43. The number of benzene rings is 1. The van der Waals surface area contributed by atoms with Crippen LogP contribution in [0.4, 0.5) is 0 Å². The molecule has 2 bridgehead atoms. The Hall–Kier alpha value is -1.51. The lowest BCUT2D eigenvalue weighted by atomic mass is 9.44. The minimum Gasteiger partial charge on any atom is -0.507 e. The fourth-order valence-electron chi connectivity index (χ4n) is 6.21. The molecule has 28 heavy (non-hydrogen) atoms. The molecule has 2 aliphatic carbocycles. The number of fused-ring (bicyclic) bond motifs is 3. The van der Waals surface area contributed by atoms with Gasteiger partial charge in [-0.1, -0.05) is 77.9 Å². The number of phenols is 1. The quantitative estimate of drug-likeness (QED) is 0.537. The fraction of sp³-hybridized carbons (Fsp3) is 0.640. The van der Waals surface area contributed by atoms with Crippen molar-refractivity contribution in [3.63, 3.8) is 0 Å². The summed E-state index contributed by atoms with van der Waals surface area (Å²) >= 11 is 0. The van der Waals surface area contributed by atoms with Crippen LogP contribution >= 0.6 is 0 Å². The molecule has 1 saturated carbocycles. The van der Waals surface area contributed by atoms with Gasteiger partial charge in [0.25, 0.3) is 0 Å². The molecule has 1 radical (unpaired) electrons. The van der Waals surface area contributed by atoms with Crippen LogP contribution < -0.4 is 5.46 Å². The third kappa shape index (κ3) is 2.57. The number of aromatic hydroxyl groups is 1. The highest BCUT2D eigenvalue weighted by Gasteiger charge is 2.65. The zero-order valence-electron chi connectivity index (χ0n) is 18.2. The Bertz CT molecular complexity index is 848. The van der Waals surface area contributed by atoms with Crippen molar-refractivity contribution in [3.05, 3.63) is 29.3 Å². The van der Waals surface area contributed by atoms with Crippen molar-refractivity contribution >= 4 is 24.0 Å². The van der Waals surface area contributed by atoms with E-state index < -0.39 is 5.41 Å². The largest absolute Gasteiger partial charge is 0.507 e. The van der Waals surface area contributed by atoms with Gasteiger partial charge in [0, 0.05) is 5.56 Å². The van der Waals surface area contributed by atoms with Gasteiger partial charge < -0.3 is 9.90 Å². The van der Waals surface area contributed by atoms with Gasteiger partial charge in [0.05, 0.1) is 5.41 Å². The Balaban J connectivity index is 1.71. The predicted octanol–water partition coefficient (Wildman–Crippen LogP) is 5.33. The average molecular weight is 377 g/mol. The van der Waals surface area contributed by atoms with Gasteiger partial charge in [0.15, 0.2) is 0 Å². The number of unbranched alkanes of at least 4 members (excludes halogenated alkanes) is 3. The second-order valence-electron chi connectivity index (χ2n) is 10.5. The highest BCUT2D eigenvalue weighted by molar-refractivity contribution is 6.87. The molecule has 2 nitrogen and oxygen atoms in total. The van der Waals surface area contributed by atoms with Gasteiger partial charge in [-0.15, -0.1) is 0 Å². The van der Waals surface area contributed by atoms with E-state index in [1.165, 1.54) is 25.7 Å². The summed E-state index contributed by atoms with van der Waals surface area (Å²) in [5.74, 6) is 0.784. The summed E-state index contributed by atoms with van der Waals surface area (Å²) in [6, 6.07) is 4.13. The number of phenolic OH excluding ortho intramolecular Hbond substituents is 1. The summed E-state index contributed by atoms with van der Waals surface area (Å²) in [6.07, 6.45) is 10.4. The number of rotatable bonds is 6. The summed E-state index contributed by atoms with van der Waals surface area (Å²) in [6.45, 7) is 11.2. The van der Waals surface area contributed by atoms with E-state index in [2.05, 4.69) is 46.8 Å². The molecule has 4 rings (SSSR count). The third-order valence-electron chi connectivity index (χ3n) is 8.25. The Morgan fingerprint density at radius 3 is 2.64 bits per heavy atom. The molecular weight excluding hydrogens is 343 g/mol. The Kier molecular flexibility index (Phi) is 4.60. The van der Waals surface area contributed by atoms with E-state index in [4.69, 9.17) is 0 Å². The van der Waals surface area contributed by atoms with Crippen molar-refractivity contribution in [1.82, 2.24) is 0 Å². The first-order chi connectivity index (χ1) is 13.1. The normalized spacial score (nSPS) is 27.2. The van der Waals surface area contributed by atoms with E-state index in [0.29, 0.717) is 11.7 Å². The average Bonchev–Trinajstić information content (AvgIpc) is 3.01. The molecule has 1 N–H and O–H groups in total. The summed E-state index contributed by atoms with van der Waals surface area (Å²) in [4.78, 5) is 13.4. The molecule has 1 aromatic carbocycles. The Morgan fingerprint density at radius 1 is 1.21 bits per heavy atom. The van der Waals surface area contributed by atoms with Crippen LogP contribution in [0.3, 0.4) is 0 Å². The van der Waals surface area contributed by atoms with Crippen LogP contribution in [-0.2, 0) is 10.2 Å². The molecule has 1 aromatic rings. The molecule has 1 aliphatic heterocycles. The van der Waals surface area contributed by atoms with E-state index in [0.717, 1.165) is 41.4 Å². The lowest BCUT2D eigenvalue weighted by Crippen LogP contribution is -2.50. The maximum atomic E-state index is 13.4. The van der Waals surface area contributed by atoms with Crippen molar-refractivity contribution < 1.29 is 9.90 Å². The van der Waals surface area contributed by atoms with Crippen molar-refractivity contribution in [1.29, 1.82) is 0 Å². The second kappa shape index (κ2) is 6.50. The topological polar surface area (TPSA) is 37.3 Å². The van der Waals surface area contributed by atoms with Crippen molar-refractivity contribution in [2.45, 2.75) is 85.0 Å². The van der Waals surface area contributed by atoms with Crippen LogP contribution in [0, 0.1) is 16.7 Å². The molecule has 1 spiro atoms. The maximum absolute atomic E-state index is 13.4. The van der Waals surface area contributed by atoms with Crippen LogP contribution in [0.1, 0.15) is 90.7 Å². The van der Waals surface area contributed by atoms with E-state index in [9.17, 15) is 9.90 Å². The first kappa shape index (κ1) is 19.8. The zero-order chi connectivity index (χ0) is 20.3. The van der Waals surface area contributed by atoms with E-state index in [-0.39, 0.29) is 16.5 Å². The molecule has 149 valence electrons. The molecule has 0 aromatic heterocycles. The monoisotopic (exact) mass is 377 g/mol. The van der Waals surface area contributed by atoms with Gasteiger partial charge in [-0.05, 0) is 53.2 Å². The Labute approximate surface area is 171 Å². The SMILES string of the molecule is CCCCCCC(C)(C)c1cc(O)c2c(c1)[B]C(=O)C13CCC(C=C21)C3(C)C. The van der Waals surface area contributed by atoms with Crippen molar-refractivity contribution in [3.8, 4) is 5.75 Å². The smallest absolute Gasteiger partial charge is 0.243 e. The molecule has 1 heterocycles. The number of hydrogen-bond donors (Lipinski definition) is 1. The van der Waals surface area contributed by atoms with Gasteiger partial charge in [-0.2, -0.15) is 0 Å². The summed E-state index contributed by atoms with van der Waals surface area (Å²) in [5, 5.41) is 11.1. The fourth-order valence-corrected chi connectivity index (χ4v) is 6.21. The third-order valence-corrected chi connectivity index (χ3v) is 8.25. The van der Waals surface area contributed by atoms with Gasteiger partial charge in [-0.3, -0.25) is 0 Å². The van der Waals surface area contributed by atoms with Crippen molar-refractivity contribution in [2.24, 2.45) is 16.7 Å². The van der Waals surface area contributed by atoms with Gasteiger partial charge in [0.2, 0.25) is 7.28 Å². The highest BCUT2D eigenvalue weighted by atomic mass is 16.3. The van der Waals surface area contributed by atoms with Crippen LogP contribution in [0.25, 0.3) is 5.57 Å². The second-order valence-corrected chi connectivity index (χ2v) is 10.5. The molecule has 0 saturated heterocycles. The van der Waals surface area contributed by atoms with E-state index in [1.54, 1.807) is 0 Å². The molecule has 3 heteroatoms. The number of carbonyl (C=O) groups is 1. The van der Waals surface area contributed by atoms with Crippen LogP contribution in [0.15, 0.2) is 18.2 Å². The summed E-state index contributed by atoms with van der Waals surface area (Å²) in [7, 11) is 1.83. The van der Waals surface area contributed by atoms with Crippen LogP contribution in [-0.4, -0.2) is 18.1 Å². The molecule has 0 amide bonds. The van der Waals surface area contributed by atoms with Crippen LogP contribution in [0.5, 0.6) is 5.75 Å². The first-order valence-corrected chi connectivity index (χ1v) is 11.1. The molecular formula is C25H34BO2. The molecule has 1 fully saturated rings. The lowest BCUT2D eigenvalue weighted by molar-refractivity contribution is -0.121. The zero-order valence-corrected chi connectivity index (χ0v) is 18.2. The number of allylic oxidation sites excluding steroid dienone is 2. The standard InChI is InChI=1S/C25H34BO2/c1-6-7-8-9-11-23(2,3)17-14-19-21(20(27)15-17)18-13-16-10-12-25(18,22(28)26-19)24(16,4)5/h13-16,27H,6-12H2,1-5H3. The molecule has 3 aliphatic rings. The highest BCUT2D eigenvalue weighted by Crippen LogP contribution is 2.69. The van der Waals surface area contributed by atoms with Gasteiger partial charge in [0.1, 0.15) is 11.4 Å². The first-order valence-electron chi connectivity index (χ1n) is 11.1. The van der Waals surface area contributed by atoms with Crippen LogP contribution in [0.2, 0.25) is 0 Å². The van der Waals surface area contributed by atoms with Gasteiger partial charge >= 0.3 is 0 Å². The predicted molar refractivity (Wildman–Crippen MR) is 117 cm³/mol. The number of hydrogen-bond acceptors (Lipinski definition) is 2. The molecule has 2 atom stereocenters. The van der Waals surface area contributed by atoms with E-state index in [1.807, 2.05) is 13.3 Å². The Morgan fingerprint density at radius 2 is 1.96 bits per heavy atom. The maximum Gasteiger partial charge on any atom is 0.243 e. The number of carbonyl (C=O) groups excluding carboxylic acids is 1. The molecule has 2 unspecified atom stereocenters. The minimum atomic E-state index is -0.431. The van der Waals surface area contributed by atoms with E-state index >= 15 is 0 Å².